The maximum absolute atomic E-state index is 12.0. The number of rotatable bonds is 5. The number of aliphatic hydroxyl groups excluding tert-OH is 1. The molecule has 25 heavy (non-hydrogen) atoms. The van der Waals surface area contributed by atoms with E-state index in [1.807, 2.05) is 31.2 Å². The number of benzene rings is 1. The monoisotopic (exact) mass is 341 g/mol. The Morgan fingerprint density at radius 2 is 1.96 bits per heavy atom. The maximum atomic E-state index is 12.0. The van der Waals surface area contributed by atoms with E-state index in [1.54, 1.807) is 6.07 Å². The summed E-state index contributed by atoms with van der Waals surface area (Å²) >= 11 is 0. The maximum Gasteiger partial charge on any atom is 0.289 e. The number of carbonyl (C=O) groups is 1. The molecule has 6 nitrogen and oxygen atoms in total. The highest BCUT2D eigenvalue weighted by atomic mass is 16.5. The van der Waals surface area contributed by atoms with Crippen LogP contribution in [0, 0.1) is 12.8 Å². The normalized spacial score (nSPS) is 23.0. The molecule has 1 heterocycles. The number of ether oxygens (including phenoxy) is 1. The van der Waals surface area contributed by atoms with Crippen molar-refractivity contribution < 1.29 is 14.6 Å². The van der Waals surface area contributed by atoms with E-state index < -0.39 is 6.10 Å². The molecule has 0 radical (unpaired) electrons. The van der Waals surface area contributed by atoms with Crippen molar-refractivity contribution in [1.82, 2.24) is 15.3 Å². The lowest BCUT2D eigenvalue weighted by molar-refractivity contribution is -0.0301. The molecule has 0 aliphatic heterocycles. The Morgan fingerprint density at radius 1 is 1.24 bits per heavy atom. The fourth-order valence-corrected chi connectivity index (χ4v) is 3.09. The first-order valence-corrected chi connectivity index (χ1v) is 8.60. The molecular formula is C19H23N3O3. The average molecular weight is 341 g/mol. The van der Waals surface area contributed by atoms with Crippen LogP contribution in [0.1, 0.15) is 35.4 Å². The highest BCUT2D eigenvalue weighted by Gasteiger charge is 2.33. The summed E-state index contributed by atoms with van der Waals surface area (Å²) < 4.78 is 5.96. The third kappa shape index (κ3) is 4.54. The summed E-state index contributed by atoms with van der Waals surface area (Å²) in [5.74, 6) is 0.531. The van der Waals surface area contributed by atoms with E-state index in [1.165, 1.54) is 18.0 Å². The van der Waals surface area contributed by atoms with Gasteiger partial charge in [0.1, 0.15) is 11.9 Å². The smallest absolute Gasteiger partial charge is 0.289 e. The van der Waals surface area contributed by atoms with E-state index in [9.17, 15) is 9.90 Å². The minimum atomic E-state index is -0.618. The minimum Gasteiger partial charge on any atom is -0.488 e. The summed E-state index contributed by atoms with van der Waals surface area (Å²) in [5, 5.41) is 13.4. The van der Waals surface area contributed by atoms with E-state index in [0.717, 1.165) is 25.0 Å². The van der Waals surface area contributed by atoms with Crippen molar-refractivity contribution >= 4 is 5.91 Å². The summed E-state index contributed by atoms with van der Waals surface area (Å²) in [4.78, 5) is 19.9. The lowest BCUT2D eigenvalue weighted by atomic mass is 9.84. The number of carbonyl (C=O) groups excluding carboxylic acids is 1. The van der Waals surface area contributed by atoms with Gasteiger partial charge in [0.25, 0.3) is 5.91 Å². The largest absolute Gasteiger partial charge is 0.488 e. The summed E-state index contributed by atoms with van der Waals surface area (Å²) in [6, 6.07) is 9.47. The molecule has 1 aromatic heterocycles. The van der Waals surface area contributed by atoms with Crippen LogP contribution in [0.5, 0.6) is 5.75 Å². The zero-order valence-electron chi connectivity index (χ0n) is 14.3. The van der Waals surface area contributed by atoms with Crippen LogP contribution in [0.2, 0.25) is 0 Å². The Balaban J connectivity index is 1.55. The number of hydrogen-bond donors (Lipinski definition) is 2. The van der Waals surface area contributed by atoms with Crippen LogP contribution >= 0.6 is 0 Å². The molecule has 1 aromatic carbocycles. The van der Waals surface area contributed by atoms with Crippen LogP contribution in [0.15, 0.2) is 42.7 Å². The number of aliphatic hydroxyl groups is 1. The number of amides is 1. The van der Waals surface area contributed by atoms with Gasteiger partial charge in [0.15, 0.2) is 0 Å². The fraction of sp³-hybridized carbons (Fsp3) is 0.421. The molecular weight excluding hydrogens is 318 g/mol. The van der Waals surface area contributed by atoms with E-state index in [4.69, 9.17) is 4.74 Å². The Hall–Kier alpha value is -2.47. The van der Waals surface area contributed by atoms with Gasteiger partial charge in [0.05, 0.1) is 6.10 Å². The predicted octanol–water partition coefficient (Wildman–Crippen LogP) is 2.12. The van der Waals surface area contributed by atoms with Crippen LogP contribution in [-0.2, 0) is 0 Å². The van der Waals surface area contributed by atoms with Crippen molar-refractivity contribution in [2.75, 3.05) is 6.54 Å². The molecule has 1 aliphatic rings. The third-order valence-corrected chi connectivity index (χ3v) is 4.53. The summed E-state index contributed by atoms with van der Waals surface area (Å²) in [5.41, 5.74) is 1.17. The molecule has 1 amide bonds. The molecule has 0 unspecified atom stereocenters. The molecule has 1 fully saturated rings. The lowest BCUT2D eigenvalue weighted by Crippen LogP contribution is -2.46. The second-order valence-corrected chi connectivity index (χ2v) is 6.43. The number of hydrogen-bond acceptors (Lipinski definition) is 5. The van der Waals surface area contributed by atoms with Gasteiger partial charge in [0, 0.05) is 24.9 Å². The Bertz CT molecular complexity index is 691. The van der Waals surface area contributed by atoms with E-state index >= 15 is 0 Å². The van der Waals surface area contributed by atoms with Gasteiger partial charge in [-0.25, -0.2) is 9.97 Å². The van der Waals surface area contributed by atoms with Crippen molar-refractivity contribution in [1.29, 1.82) is 0 Å². The van der Waals surface area contributed by atoms with Crippen LogP contribution < -0.4 is 10.1 Å². The first kappa shape index (κ1) is 17.4. The van der Waals surface area contributed by atoms with Gasteiger partial charge in [0.2, 0.25) is 5.82 Å². The molecule has 3 rings (SSSR count). The molecule has 3 atom stereocenters. The molecule has 2 N–H and O–H groups in total. The Morgan fingerprint density at radius 3 is 2.68 bits per heavy atom. The molecule has 132 valence electrons. The van der Waals surface area contributed by atoms with Gasteiger partial charge >= 0.3 is 0 Å². The van der Waals surface area contributed by atoms with Gasteiger partial charge in [-0.3, -0.25) is 4.79 Å². The quantitative estimate of drug-likeness (QED) is 0.870. The van der Waals surface area contributed by atoms with Crippen LogP contribution in [0.25, 0.3) is 0 Å². The predicted molar refractivity (Wildman–Crippen MR) is 93.3 cm³/mol. The average Bonchev–Trinajstić information content (AvgIpc) is 2.64. The number of nitrogens with one attached hydrogen (secondary N) is 1. The second-order valence-electron chi connectivity index (χ2n) is 6.43. The fourth-order valence-electron chi connectivity index (χ4n) is 3.09. The van der Waals surface area contributed by atoms with E-state index in [2.05, 4.69) is 15.3 Å². The molecule has 0 saturated heterocycles. The molecule has 1 aliphatic carbocycles. The zero-order valence-corrected chi connectivity index (χ0v) is 14.3. The molecule has 0 spiro atoms. The Kier molecular flexibility index (Phi) is 5.60. The first-order chi connectivity index (χ1) is 12.1. The van der Waals surface area contributed by atoms with Gasteiger partial charge in [-0.15, -0.1) is 0 Å². The van der Waals surface area contributed by atoms with E-state index in [-0.39, 0.29) is 23.8 Å². The van der Waals surface area contributed by atoms with Gasteiger partial charge in [-0.1, -0.05) is 17.7 Å². The number of aromatic nitrogens is 2. The highest BCUT2D eigenvalue weighted by molar-refractivity contribution is 5.90. The van der Waals surface area contributed by atoms with Crippen molar-refractivity contribution in [2.24, 2.45) is 5.92 Å². The van der Waals surface area contributed by atoms with Crippen molar-refractivity contribution in [3.05, 3.63) is 54.1 Å². The van der Waals surface area contributed by atoms with Gasteiger partial charge in [-0.2, -0.15) is 0 Å². The highest BCUT2D eigenvalue weighted by Crippen LogP contribution is 2.28. The zero-order chi connectivity index (χ0) is 17.6. The van der Waals surface area contributed by atoms with Crippen LogP contribution in [-0.4, -0.2) is 39.7 Å². The van der Waals surface area contributed by atoms with Crippen LogP contribution in [0.4, 0.5) is 0 Å². The number of aryl methyl sites for hydroxylation is 1. The van der Waals surface area contributed by atoms with E-state index in [0.29, 0.717) is 6.54 Å². The summed E-state index contributed by atoms with van der Waals surface area (Å²) in [6.45, 7) is 2.40. The minimum absolute atomic E-state index is 0.0446. The summed E-state index contributed by atoms with van der Waals surface area (Å²) in [6.07, 6.45) is 4.80. The van der Waals surface area contributed by atoms with Crippen molar-refractivity contribution in [3.63, 3.8) is 0 Å². The Labute approximate surface area is 147 Å². The van der Waals surface area contributed by atoms with Crippen molar-refractivity contribution in [2.45, 2.75) is 38.4 Å². The van der Waals surface area contributed by atoms with Crippen LogP contribution in [0.3, 0.4) is 0 Å². The van der Waals surface area contributed by atoms with Gasteiger partial charge < -0.3 is 15.2 Å². The van der Waals surface area contributed by atoms with Crippen molar-refractivity contribution in [3.8, 4) is 5.75 Å². The first-order valence-electron chi connectivity index (χ1n) is 8.60. The number of nitrogens with zero attached hydrogens (tertiary/aromatic N) is 2. The third-order valence-electron chi connectivity index (χ3n) is 4.53. The second kappa shape index (κ2) is 8.07. The molecule has 1 saturated carbocycles. The molecule has 6 heteroatoms. The topological polar surface area (TPSA) is 84.3 Å². The lowest BCUT2D eigenvalue weighted by Gasteiger charge is -2.35. The summed E-state index contributed by atoms with van der Waals surface area (Å²) in [7, 11) is 0. The van der Waals surface area contributed by atoms with Gasteiger partial charge in [-0.05, 0) is 44.4 Å². The molecule has 0 bridgehead atoms. The SMILES string of the molecule is Cc1ccc(O[C@@H]2CCC[C@H](CNC(=O)c3ncccn3)[C@H]2O)cc1. The standard InChI is InChI=1S/C19H23N3O3/c1-13-6-8-15(9-7-13)25-16-5-2-4-14(17(16)23)12-22-19(24)18-20-10-3-11-21-18/h3,6-11,14,16-17,23H,2,4-5,12H2,1H3,(H,22,24)/t14-,16-,17-/m1/s1. The molecule has 2 aromatic rings.